The van der Waals surface area contributed by atoms with Gasteiger partial charge in [0.25, 0.3) is 0 Å². The number of aliphatic hydroxyl groups is 1. The van der Waals surface area contributed by atoms with Crippen molar-refractivity contribution in [2.75, 3.05) is 0 Å². The van der Waals surface area contributed by atoms with Crippen molar-refractivity contribution < 1.29 is 14.6 Å². The van der Waals surface area contributed by atoms with Gasteiger partial charge >= 0.3 is 0 Å². The summed E-state index contributed by atoms with van der Waals surface area (Å²) in [6.45, 7) is 1.32. The topological polar surface area (TPSA) is 99.3 Å². The Morgan fingerprint density at radius 3 is 2.96 bits per heavy atom. The van der Waals surface area contributed by atoms with Gasteiger partial charge in [-0.25, -0.2) is 9.49 Å². The number of hydrogen-bond donors (Lipinski definition) is 3. The minimum Gasteiger partial charge on any atom is -0.505 e. The van der Waals surface area contributed by atoms with Gasteiger partial charge in [-0.15, -0.1) is 0 Å². The lowest BCUT2D eigenvalue weighted by Gasteiger charge is -2.07. The fourth-order valence-electron chi connectivity index (χ4n) is 2.25. The molecular weight excluding hydrogens is 345 g/mol. The fourth-order valence-corrected chi connectivity index (χ4v) is 2.43. The van der Waals surface area contributed by atoms with Crippen LogP contribution in [0.2, 0.25) is 0 Å². The maximum absolute atomic E-state index is 13.5. The molecule has 0 spiro atoms. The molecule has 0 atom stereocenters. The van der Waals surface area contributed by atoms with E-state index in [1.165, 1.54) is 29.2 Å². The monoisotopic (exact) mass is 359 g/mol. The van der Waals surface area contributed by atoms with Crippen LogP contribution in [-0.2, 0) is 6.61 Å². The summed E-state index contributed by atoms with van der Waals surface area (Å²) in [6.07, 6.45) is 2.81. The van der Waals surface area contributed by atoms with Gasteiger partial charge in [-0.3, -0.25) is 4.98 Å². The molecule has 2 aromatic heterocycles. The first kappa shape index (κ1) is 16.9. The molecule has 9 heteroatoms. The number of nitrogens with zero attached hydrogens (tertiary/aromatic N) is 4. The predicted octanol–water partition coefficient (Wildman–Crippen LogP) is 2.53. The molecule has 0 saturated heterocycles. The molecule has 0 aliphatic carbocycles. The molecule has 0 bridgehead atoms. The summed E-state index contributed by atoms with van der Waals surface area (Å²) < 4.78 is 15.0. The number of aromatic amines is 1. The number of H-pyrrole nitrogens is 1. The Bertz CT molecular complexity index is 1010. The molecule has 7 nitrogen and oxygen atoms in total. The van der Waals surface area contributed by atoms with Gasteiger partial charge < -0.3 is 10.2 Å². The Morgan fingerprint density at radius 2 is 2.24 bits per heavy atom. The van der Waals surface area contributed by atoms with Crippen molar-refractivity contribution in [3.63, 3.8) is 0 Å². The summed E-state index contributed by atoms with van der Waals surface area (Å²) in [7, 11) is 0. The zero-order valence-electron chi connectivity index (χ0n) is 13.1. The molecule has 0 unspecified atom stereocenters. The zero-order chi connectivity index (χ0) is 18.0. The summed E-state index contributed by atoms with van der Waals surface area (Å²) in [6, 6.07) is 5.86. The van der Waals surface area contributed by atoms with E-state index in [2.05, 4.69) is 20.3 Å². The van der Waals surface area contributed by atoms with E-state index in [-0.39, 0.29) is 17.1 Å². The van der Waals surface area contributed by atoms with Crippen molar-refractivity contribution in [3.05, 3.63) is 57.9 Å². The molecule has 0 aliphatic heterocycles. The Hall–Kier alpha value is -2.91. The molecule has 3 aromatic rings. The van der Waals surface area contributed by atoms with Crippen LogP contribution in [0.5, 0.6) is 5.75 Å². The highest BCUT2D eigenvalue weighted by Crippen LogP contribution is 2.23. The van der Waals surface area contributed by atoms with Crippen LogP contribution in [0.25, 0.3) is 11.4 Å². The van der Waals surface area contributed by atoms with Crippen molar-refractivity contribution in [1.82, 2.24) is 19.9 Å². The third-order valence-corrected chi connectivity index (χ3v) is 3.83. The molecule has 0 saturated carbocycles. The van der Waals surface area contributed by atoms with Crippen LogP contribution < -0.4 is 0 Å². The number of aromatic hydroxyl groups is 1. The molecule has 3 rings (SSSR count). The van der Waals surface area contributed by atoms with Gasteiger partial charge in [0.2, 0.25) is 4.77 Å². The summed E-state index contributed by atoms with van der Waals surface area (Å²) in [5.41, 5.74) is 1.62. The SMILES string of the molecule is Cc1ncc(CO)c(/C=N/n2c(-c3cccc(F)c3)n[nH]c2=S)c1O. The van der Waals surface area contributed by atoms with Gasteiger partial charge in [0.15, 0.2) is 5.82 Å². The van der Waals surface area contributed by atoms with Crippen LogP contribution in [0.4, 0.5) is 4.39 Å². The molecule has 25 heavy (non-hydrogen) atoms. The number of hydrogen-bond acceptors (Lipinski definition) is 6. The predicted molar refractivity (Wildman–Crippen MR) is 92.4 cm³/mol. The van der Waals surface area contributed by atoms with Crippen LogP contribution in [-0.4, -0.2) is 36.3 Å². The minimum absolute atomic E-state index is 0.0855. The second-order valence-corrected chi connectivity index (χ2v) is 5.60. The molecule has 0 radical (unpaired) electrons. The smallest absolute Gasteiger partial charge is 0.216 e. The van der Waals surface area contributed by atoms with Crippen LogP contribution in [0.15, 0.2) is 35.6 Å². The third kappa shape index (κ3) is 3.32. The number of rotatable bonds is 4. The summed E-state index contributed by atoms with van der Waals surface area (Å²) in [4.78, 5) is 3.99. The lowest BCUT2D eigenvalue weighted by molar-refractivity contribution is 0.280. The van der Waals surface area contributed by atoms with E-state index >= 15 is 0 Å². The first-order valence-electron chi connectivity index (χ1n) is 7.27. The van der Waals surface area contributed by atoms with Crippen molar-refractivity contribution >= 4 is 18.4 Å². The fraction of sp³-hybridized carbons (Fsp3) is 0.125. The van der Waals surface area contributed by atoms with E-state index in [0.717, 1.165) is 0 Å². The maximum Gasteiger partial charge on any atom is 0.216 e. The third-order valence-electron chi connectivity index (χ3n) is 3.56. The van der Waals surface area contributed by atoms with Crippen molar-refractivity contribution in [3.8, 4) is 17.1 Å². The standard InChI is InChI=1S/C16H14FN5O2S/c1-9-14(24)13(11(8-23)6-18-9)7-19-22-15(20-21-16(22)25)10-3-2-4-12(17)5-10/h2-7,23-24H,8H2,1H3,(H,21,25)/b19-7+. The number of pyridine rings is 1. The maximum atomic E-state index is 13.5. The Morgan fingerprint density at radius 1 is 1.44 bits per heavy atom. The second kappa shape index (κ2) is 6.91. The van der Waals surface area contributed by atoms with Gasteiger partial charge in [-0.2, -0.15) is 14.9 Å². The summed E-state index contributed by atoms with van der Waals surface area (Å²) in [5.74, 6) is -0.180. The second-order valence-electron chi connectivity index (χ2n) is 5.21. The Balaban J connectivity index is 2.09. The van der Waals surface area contributed by atoms with Gasteiger partial charge in [0.1, 0.15) is 11.6 Å². The number of aromatic nitrogens is 4. The number of aryl methyl sites for hydroxylation is 1. The van der Waals surface area contributed by atoms with Crippen LogP contribution >= 0.6 is 12.2 Å². The van der Waals surface area contributed by atoms with Gasteiger partial charge in [0, 0.05) is 22.9 Å². The van der Waals surface area contributed by atoms with Gasteiger partial charge in [-0.1, -0.05) is 12.1 Å². The molecule has 2 heterocycles. The first-order valence-corrected chi connectivity index (χ1v) is 7.68. The molecule has 3 N–H and O–H groups in total. The van der Waals surface area contributed by atoms with Crippen molar-refractivity contribution in [2.45, 2.75) is 13.5 Å². The Labute approximate surface area is 147 Å². The van der Waals surface area contributed by atoms with E-state index in [1.807, 2.05) is 0 Å². The number of benzene rings is 1. The number of nitrogens with one attached hydrogen (secondary N) is 1. The molecule has 128 valence electrons. The highest BCUT2D eigenvalue weighted by Gasteiger charge is 2.12. The number of aliphatic hydroxyl groups excluding tert-OH is 1. The lowest BCUT2D eigenvalue weighted by Crippen LogP contribution is -2.00. The minimum atomic E-state index is -0.410. The average molecular weight is 359 g/mol. The first-order chi connectivity index (χ1) is 12.0. The van der Waals surface area contributed by atoms with E-state index in [0.29, 0.717) is 28.2 Å². The average Bonchev–Trinajstić information content (AvgIpc) is 2.97. The highest BCUT2D eigenvalue weighted by molar-refractivity contribution is 7.71. The van der Waals surface area contributed by atoms with E-state index in [9.17, 15) is 14.6 Å². The van der Waals surface area contributed by atoms with Crippen molar-refractivity contribution in [1.29, 1.82) is 0 Å². The Kier molecular flexibility index (Phi) is 4.68. The highest BCUT2D eigenvalue weighted by atomic mass is 32.1. The molecule has 0 aliphatic rings. The van der Waals surface area contributed by atoms with Crippen LogP contribution in [0, 0.1) is 17.5 Å². The summed E-state index contributed by atoms with van der Waals surface area (Å²) >= 11 is 5.15. The molecular formula is C16H14FN5O2S. The molecule has 0 fully saturated rings. The normalized spacial score (nSPS) is 11.3. The largest absolute Gasteiger partial charge is 0.505 e. The van der Waals surface area contributed by atoms with E-state index < -0.39 is 5.82 Å². The van der Waals surface area contributed by atoms with E-state index in [4.69, 9.17) is 12.2 Å². The quantitative estimate of drug-likeness (QED) is 0.491. The zero-order valence-corrected chi connectivity index (χ0v) is 14.0. The van der Waals surface area contributed by atoms with E-state index in [1.54, 1.807) is 19.1 Å². The molecule has 0 amide bonds. The van der Waals surface area contributed by atoms with Gasteiger partial charge in [0.05, 0.1) is 18.5 Å². The lowest BCUT2D eigenvalue weighted by atomic mass is 10.1. The molecule has 1 aromatic carbocycles. The number of halogens is 1. The van der Waals surface area contributed by atoms with Crippen LogP contribution in [0.1, 0.15) is 16.8 Å². The van der Waals surface area contributed by atoms with Gasteiger partial charge in [-0.05, 0) is 31.3 Å². The van der Waals surface area contributed by atoms with Crippen LogP contribution in [0.3, 0.4) is 0 Å². The van der Waals surface area contributed by atoms with Crippen molar-refractivity contribution in [2.24, 2.45) is 5.10 Å². The summed E-state index contributed by atoms with van der Waals surface area (Å²) in [5, 5.41) is 30.5.